The summed E-state index contributed by atoms with van der Waals surface area (Å²) in [5, 5.41) is 13.5. The van der Waals surface area contributed by atoms with Crippen LogP contribution in [0.5, 0.6) is 0 Å². The summed E-state index contributed by atoms with van der Waals surface area (Å²) < 4.78 is 0. The lowest BCUT2D eigenvalue weighted by Gasteiger charge is -2.36. The van der Waals surface area contributed by atoms with Crippen LogP contribution in [0.25, 0.3) is 0 Å². The first-order chi connectivity index (χ1) is 7.25. The van der Waals surface area contributed by atoms with Gasteiger partial charge in [0.15, 0.2) is 0 Å². The van der Waals surface area contributed by atoms with Gasteiger partial charge in [0.1, 0.15) is 0 Å². The first-order valence-corrected chi connectivity index (χ1v) is 6.38. The Morgan fingerprint density at radius 2 is 1.73 bits per heavy atom. The Morgan fingerprint density at radius 3 is 2.40 bits per heavy atom. The summed E-state index contributed by atoms with van der Waals surface area (Å²) in [5.41, 5.74) is 0. The summed E-state index contributed by atoms with van der Waals surface area (Å²) in [7, 11) is 2.19. The Kier molecular flexibility index (Phi) is 4.00. The normalized spacial score (nSPS) is 35.6. The molecule has 1 saturated carbocycles. The largest absolute Gasteiger partial charge is 0.392 e. The van der Waals surface area contributed by atoms with E-state index < -0.39 is 0 Å². The van der Waals surface area contributed by atoms with Crippen LogP contribution >= 0.6 is 0 Å². The molecule has 2 aliphatic rings. The number of piperidine rings is 1. The summed E-state index contributed by atoms with van der Waals surface area (Å²) >= 11 is 0. The Morgan fingerprint density at radius 1 is 1.07 bits per heavy atom. The van der Waals surface area contributed by atoms with Gasteiger partial charge in [0.25, 0.3) is 0 Å². The Hall–Kier alpha value is -0.120. The lowest BCUT2D eigenvalue weighted by atomic mass is 9.91. The fourth-order valence-electron chi connectivity index (χ4n) is 2.78. The Labute approximate surface area is 92.8 Å². The van der Waals surface area contributed by atoms with E-state index in [0.717, 1.165) is 12.8 Å². The number of aliphatic hydroxyl groups excluding tert-OH is 1. The fraction of sp³-hybridized carbons (Fsp3) is 1.00. The predicted octanol–water partition coefficient (Wildman–Crippen LogP) is 0.974. The fourth-order valence-corrected chi connectivity index (χ4v) is 2.78. The molecule has 3 heteroatoms. The van der Waals surface area contributed by atoms with Crippen molar-refractivity contribution in [3.63, 3.8) is 0 Å². The van der Waals surface area contributed by atoms with Gasteiger partial charge in [-0.1, -0.05) is 12.8 Å². The topological polar surface area (TPSA) is 35.5 Å². The van der Waals surface area contributed by atoms with Crippen molar-refractivity contribution in [3.05, 3.63) is 0 Å². The van der Waals surface area contributed by atoms with Gasteiger partial charge in [-0.3, -0.25) is 0 Å². The molecule has 1 saturated heterocycles. The van der Waals surface area contributed by atoms with E-state index in [-0.39, 0.29) is 6.10 Å². The van der Waals surface area contributed by atoms with Gasteiger partial charge in [-0.25, -0.2) is 0 Å². The van der Waals surface area contributed by atoms with E-state index >= 15 is 0 Å². The summed E-state index contributed by atoms with van der Waals surface area (Å²) in [6, 6.07) is 1.01. The molecule has 0 spiro atoms. The molecule has 1 aliphatic carbocycles. The van der Waals surface area contributed by atoms with Gasteiger partial charge in [0, 0.05) is 12.1 Å². The highest BCUT2D eigenvalue weighted by Gasteiger charge is 2.26. The number of hydrogen-bond acceptors (Lipinski definition) is 3. The minimum Gasteiger partial charge on any atom is -0.392 e. The molecule has 0 aromatic rings. The maximum absolute atomic E-state index is 9.88. The molecule has 88 valence electrons. The summed E-state index contributed by atoms with van der Waals surface area (Å²) in [6.07, 6.45) is 7.00. The van der Waals surface area contributed by atoms with Crippen molar-refractivity contribution >= 4 is 0 Å². The zero-order valence-electron chi connectivity index (χ0n) is 9.78. The summed E-state index contributed by atoms with van der Waals surface area (Å²) in [4.78, 5) is 2.38. The van der Waals surface area contributed by atoms with E-state index in [9.17, 15) is 5.11 Å². The lowest BCUT2D eigenvalue weighted by Crippen LogP contribution is -2.50. The second-order valence-corrected chi connectivity index (χ2v) is 5.20. The first-order valence-electron chi connectivity index (χ1n) is 6.38. The van der Waals surface area contributed by atoms with Crippen molar-refractivity contribution in [1.82, 2.24) is 10.2 Å². The third-order valence-electron chi connectivity index (χ3n) is 3.90. The van der Waals surface area contributed by atoms with E-state index in [2.05, 4.69) is 17.3 Å². The molecule has 3 nitrogen and oxygen atoms in total. The number of aliphatic hydroxyl groups is 1. The van der Waals surface area contributed by atoms with E-state index in [1.54, 1.807) is 0 Å². The van der Waals surface area contributed by atoms with E-state index in [1.165, 1.54) is 38.8 Å². The molecule has 15 heavy (non-hydrogen) atoms. The summed E-state index contributed by atoms with van der Waals surface area (Å²) in [6.45, 7) is 2.39. The van der Waals surface area contributed by atoms with Crippen molar-refractivity contribution in [1.29, 1.82) is 0 Å². The first kappa shape index (κ1) is 11.4. The summed E-state index contributed by atoms with van der Waals surface area (Å²) in [5.74, 6) is 0. The van der Waals surface area contributed by atoms with Crippen molar-refractivity contribution in [2.45, 2.75) is 56.7 Å². The Balaban J connectivity index is 1.75. The minimum absolute atomic E-state index is 0.0987. The second kappa shape index (κ2) is 5.28. The van der Waals surface area contributed by atoms with Gasteiger partial charge >= 0.3 is 0 Å². The molecule has 1 aliphatic heterocycles. The number of hydrogen-bond donors (Lipinski definition) is 2. The van der Waals surface area contributed by atoms with Crippen LogP contribution < -0.4 is 5.32 Å². The molecule has 0 aromatic carbocycles. The average Bonchev–Trinajstić information content (AvgIpc) is 2.25. The second-order valence-electron chi connectivity index (χ2n) is 5.20. The van der Waals surface area contributed by atoms with Crippen LogP contribution in [0.4, 0.5) is 0 Å². The van der Waals surface area contributed by atoms with Crippen LogP contribution in [0.3, 0.4) is 0 Å². The molecule has 0 aromatic heterocycles. The number of rotatable bonds is 2. The smallest absolute Gasteiger partial charge is 0.0693 e. The van der Waals surface area contributed by atoms with Gasteiger partial charge < -0.3 is 15.3 Å². The minimum atomic E-state index is -0.0987. The molecule has 2 rings (SSSR count). The molecule has 0 bridgehead atoms. The number of nitrogens with zero attached hydrogens (tertiary/aromatic N) is 1. The SMILES string of the molecule is CN1CCC(N[C@H]2CCCC[C@@H]2O)CC1. The highest BCUT2D eigenvalue weighted by Crippen LogP contribution is 2.20. The highest BCUT2D eigenvalue weighted by molar-refractivity contribution is 4.85. The number of nitrogens with one attached hydrogen (secondary N) is 1. The van der Waals surface area contributed by atoms with Crippen LogP contribution in [0.15, 0.2) is 0 Å². The predicted molar refractivity (Wildman–Crippen MR) is 61.9 cm³/mol. The van der Waals surface area contributed by atoms with Crippen LogP contribution in [0, 0.1) is 0 Å². The van der Waals surface area contributed by atoms with Gasteiger partial charge in [-0.05, 0) is 45.8 Å². The van der Waals surface area contributed by atoms with Crippen molar-refractivity contribution in [3.8, 4) is 0 Å². The van der Waals surface area contributed by atoms with E-state index in [0.29, 0.717) is 12.1 Å². The monoisotopic (exact) mass is 212 g/mol. The quantitative estimate of drug-likeness (QED) is 0.716. The van der Waals surface area contributed by atoms with Crippen LogP contribution in [0.1, 0.15) is 38.5 Å². The van der Waals surface area contributed by atoms with Crippen molar-refractivity contribution in [2.75, 3.05) is 20.1 Å². The highest BCUT2D eigenvalue weighted by atomic mass is 16.3. The van der Waals surface area contributed by atoms with E-state index in [1.807, 2.05) is 0 Å². The average molecular weight is 212 g/mol. The molecule has 0 unspecified atom stereocenters. The lowest BCUT2D eigenvalue weighted by molar-refractivity contribution is 0.0781. The van der Waals surface area contributed by atoms with Crippen LogP contribution in [-0.4, -0.2) is 48.3 Å². The van der Waals surface area contributed by atoms with Crippen LogP contribution in [-0.2, 0) is 0 Å². The maximum Gasteiger partial charge on any atom is 0.0693 e. The zero-order chi connectivity index (χ0) is 10.7. The zero-order valence-corrected chi connectivity index (χ0v) is 9.78. The van der Waals surface area contributed by atoms with Crippen LogP contribution in [0.2, 0.25) is 0 Å². The number of likely N-dealkylation sites (tertiary alicyclic amines) is 1. The van der Waals surface area contributed by atoms with Crippen molar-refractivity contribution in [2.24, 2.45) is 0 Å². The molecule has 2 N–H and O–H groups in total. The van der Waals surface area contributed by atoms with Gasteiger partial charge in [0.2, 0.25) is 0 Å². The molecule has 2 fully saturated rings. The molecule has 1 heterocycles. The molecule has 2 atom stereocenters. The third-order valence-corrected chi connectivity index (χ3v) is 3.90. The molecular weight excluding hydrogens is 188 g/mol. The molecule has 0 amide bonds. The van der Waals surface area contributed by atoms with E-state index in [4.69, 9.17) is 0 Å². The van der Waals surface area contributed by atoms with Crippen molar-refractivity contribution < 1.29 is 5.11 Å². The van der Waals surface area contributed by atoms with Gasteiger partial charge in [0.05, 0.1) is 6.10 Å². The third kappa shape index (κ3) is 3.16. The van der Waals surface area contributed by atoms with Gasteiger partial charge in [-0.2, -0.15) is 0 Å². The molecular formula is C12H24N2O. The standard InChI is InChI=1S/C12H24N2O/c1-14-8-6-10(7-9-14)13-11-4-2-3-5-12(11)15/h10-13,15H,2-9H2,1H3/t11-,12-/m0/s1. The molecule has 0 radical (unpaired) electrons. The maximum atomic E-state index is 9.88. The van der Waals surface area contributed by atoms with Gasteiger partial charge in [-0.15, -0.1) is 0 Å². The Bertz CT molecular complexity index is 190.